The second kappa shape index (κ2) is 5.58. The van der Waals surface area contributed by atoms with E-state index in [2.05, 4.69) is 25.1 Å². The maximum atomic E-state index is 5.81. The lowest BCUT2D eigenvalue weighted by Crippen LogP contribution is -1.96. The van der Waals surface area contributed by atoms with Gasteiger partial charge in [-0.1, -0.05) is 31.2 Å². The van der Waals surface area contributed by atoms with Crippen molar-refractivity contribution in [2.45, 2.75) is 19.8 Å². The van der Waals surface area contributed by atoms with E-state index in [0.29, 0.717) is 0 Å². The van der Waals surface area contributed by atoms with Gasteiger partial charge < -0.3 is 10.5 Å². The average Bonchev–Trinajstić information content (AvgIpc) is 2.38. The summed E-state index contributed by atoms with van der Waals surface area (Å²) in [5.41, 5.74) is 10.4. The molecule has 0 aliphatic carbocycles. The zero-order valence-electron chi connectivity index (χ0n) is 10.9. The summed E-state index contributed by atoms with van der Waals surface area (Å²) in [7, 11) is 1.71. The number of hydrogen-bond donors (Lipinski definition) is 1. The summed E-state index contributed by atoms with van der Waals surface area (Å²) in [5.74, 6) is 0.939. The number of aryl methyl sites for hydroxylation is 1. The van der Waals surface area contributed by atoms with Crippen molar-refractivity contribution >= 4 is 5.69 Å². The molecule has 0 spiro atoms. The van der Waals surface area contributed by atoms with Crippen molar-refractivity contribution in [3.05, 3.63) is 59.2 Å². The summed E-state index contributed by atoms with van der Waals surface area (Å²) >= 11 is 0. The van der Waals surface area contributed by atoms with Crippen LogP contribution in [0, 0.1) is 0 Å². The number of anilines is 1. The summed E-state index contributed by atoms with van der Waals surface area (Å²) < 4.78 is 5.42. The Morgan fingerprint density at radius 1 is 1.06 bits per heavy atom. The molecule has 2 rings (SSSR count). The van der Waals surface area contributed by atoms with Crippen LogP contribution in [-0.4, -0.2) is 7.11 Å². The Labute approximate surface area is 108 Å². The summed E-state index contributed by atoms with van der Waals surface area (Å²) in [5, 5.41) is 0. The molecule has 0 heterocycles. The van der Waals surface area contributed by atoms with Crippen molar-refractivity contribution in [2.24, 2.45) is 0 Å². The predicted octanol–water partition coefficient (Wildman–Crippen LogP) is 3.43. The molecule has 2 nitrogen and oxygen atoms in total. The van der Waals surface area contributed by atoms with Gasteiger partial charge in [0.1, 0.15) is 5.75 Å². The van der Waals surface area contributed by atoms with Crippen LogP contribution in [0.3, 0.4) is 0 Å². The number of benzene rings is 2. The molecule has 0 aromatic heterocycles. The van der Waals surface area contributed by atoms with E-state index in [1.165, 1.54) is 16.7 Å². The molecule has 0 bridgehead atoms. The Morgan fingerprint density at radius 3 is 2.56 bits per heavy atom. The Balaban J connectivity index is 2.32. The molecule has 2 aromatic rings. The van der Waals surface area contributed by atoms with Gasteiger partial charge in [-0.3, -0.25) is 0 Å². The minimum atomic E-state index is 0.804. The van der Waals surface area contributed by atoms with Crippen LogP contribution in [0.5, 0.6) is 5.75 Å². The lowest BCUT2D eigenvalue weighted by Gasteiger charge is -2.10. The van der Waals surface area contributed by atoms with Crippen LogP contribution < -0.4 is 10.5 Å². The molecule has 0 fully saturated rings. The third-order valence-electron chi connectivity index (χ3n) is 3.10. The normalized spacial score (nSPS) is 10.3. The third kappa shape index (κ3) is 2.83. The van der Waals surface area contributed by atoms with Crippen molar-refractivity contribution in [1.29, 1.82) is 0 Å². The van der Waals surface area contributed by atoms with E-state index < -0.39 is 0 Å². The van der Waals surface area contributed by atoms with Crippen molar-refractivity contribution < 1.29 is 4.74 Å². The summed E-state index contributed by atoms with van der Waals surface area (Å²) in [6.45, 7) is 2.16. The van der Waals surface area contributed by atoms with Crippen molar-refractivity contribution in [3.63, 3.8) is 0 Å². The SMILES string of the molecule is CCc1ccc(OC)c(Cc2cccc(N)c2)c1. The van der Waals surface area contributed by atoms with E-state index in [-0.39, 0.29) is 0 Å². The van der Waals surface area contributed by atoms with Crippen LogP contribution in [0.4, 0.5) is 5.69 Å². The topological polar surface area (TPSA) is 35.2 Å². The maximum Gasteiger partial charge on any atom is 0.122 e. The Kier molecular flexibility index (Phi) is 3.88. The van der Waals surface area contributed by atoms with Crippen LogP contribution in [0.25, 0.3) is 0 Å². The number of nitrogens with two attached hydrogens (primary N) is 1. The predicted molar refractivity (Wildman–Crippen MR) is 76.0 cm³/mol. The standard InChI is InChI=1S/C16H19NO/c1-3-12-7-8-16(18-2)14(9-12)10-13-5-4-6-15(17)11-13/h4-9,11H,3,10,17H2,1-2H3. The molecule has 0 saturated carbocycles. The third-order valence-corrected chi connectivity index (χ3v) is 3.10. The number of hydrogen-bond acceptors (Lipinski definition) is 2. The first kappa shape index (κ1) is 12.5. The highest BCUT2D eigenvalue weighted by Crippen LogP contribution is 2.23. The fraction of sp³-hybridized carbons (Fsp3) is 0.250. The first-order chi connectivity index (χ1) is 8.72. The summed E-state index contributed by atoms with van der Waals surface area (Å²) in [6, 6.07) is 14.4. The first-order valence-corrected chi connectivity index (χ1v) is 6.23. The minimum absolute atomic E-state index is 0.804. The molecule has 2 heteroatoms. The highest BCUT2D eigenvalue weighted by Gasteiger charge is 2.05. The molecule has 0 atom stereocenters. The first-order valence-electron chi connectivity index (χ1n) is 6.23. The van der Waals surface area contributed by atoms with E-state index in [4.69, 9.17) is 10.5 Å². The van der Waals surface area contributed by atoms with Crippen LogP contribution in [0.2, 0.25) is 0 Å². The van der Waals surface area contributed by atoms with Gasteiger partial charge in [0.2, 0.25) is 0 Å². The van der Waals surface area contributed by atoms with Crippen molar-refractivity contribution in [2.75, 3.05) is 12.8 Å². The van der Waals surface area contributed by atoms with Gasteiger partial charge in [0.25, 0.3) is 0 Å². The lowest BCUT2D eigenvalue weighted by molar-refractivity contribution is 0.410. The van der Waals surface area contributed by atoms with Crippen LogP contribution in [0.1, 0.15) is 23.6 Å². The summed E-state index contributed by atoms with van der Waals surface area (Å²) in [6.07, 6.45) is 1.88. The second-order valence-electron chi connectivity index (χ2n) is 4.42. The highest BCUT2D eigenvalue weighted by atomic mass is 16.5. The molecule has 94 valence electrons. The fourth-order valence-corrected chi connectivity index (χ4v) is 2.11. The molecule has 0 saturated heterocycles. The molecule has 0 radical (unpaired) electrons. The van der Waals surface area contributed by atoms with E-state index in [1.807, 2.05) is 24.3 Å². The maximum absolute atomic E-state index is 5.81. The Hall–Kier alpha value is -1.96. The van der Waals surface area contributed by atoms with Gasteiger partial charge in [-0.25, -0.2) is 0 Å². The smallest absolute Gasteiger partial charge is 0.122 e. The number of rotatable bonds is 4. The molecule has 2 aromatic carbocycles. The molecule has 0 aliphatic rings. The number of nitrogen functional groups attached to an aromatic ring is 1. The molecular weight excluding hydrogens is 222 g/mol. The molecule has 18 heavy (non-hydrogen) atoms. The summed E-state index contributed by atoms with van der Waals surface area (Å²) in [4.78, 5) is 0. The average molecular weight is 241 g/mol. The quantitative estimate of drug-likeness (QED) is 0.832. The fourth-order valence-electron chi connectivity index (χ4n) is 2.11. The van der Waals surface area contributed by atoms with Crippen molar-refractivity contribution in [1.82, 2.24) is 0 Å². The lowest BCUT2D eigenvalue weighted by atomic mass is 10.0. The number of methoxy groups -OCH3 is 1. The van der Waals surface area contributed by atoms with Gasteiger partial charge >= 0.3 is 0 Å². The molecular formula is C16H19NO. The van der Waals surface area contributed by atoms with Gasteiger partial charge in [0, 0.05) is 12.1 Å². The van der Waals surface area contributed by atoms with Gasteiger partial charge in [0.15, 0.2) is 0 Å². The van der Waals surface area contributed by atoms with Gasteiger partial charge in [0.05, 0.1) is 7.11 Å². The molecule has 2 N–H and O–H groups in total. The van der Waals surface area contributed by atoms with Gasteiger partial charge in [-0.05, 0) is 41.3 Å². The Bertz CT molecular complexity index is 534. The zero-order valence-corrected chi connectivity index (χ0v) is 10.9. The molecule has 0 aliphatic heterocycles. The minimum Gasteiger partial charge on any atom is -0.496 e. The molecule has 0 unspecified atom stereocenters. The largest absolute Gasteiger partial charge is 0.496 e. The van der Waals surface area contributed by atoms with E-state index >= 15 is 0 Å². The van der Waals surface area contributed by atoms with Crippen LogP contribution in [0.15, 0.2) is 42.5 Å². The van der Waals surface area contributed by atoms with Gasteiger partial charge in [-0.15, -0.1) is 0 Å². The molecule has 0 amide bonds. The van der Waals surface area contributed by atoms with Crippen LogP contribution >= 0.6 is 0 Å². The van der Waals surface area contributed by atoms with E-state index in [1.54, 1.807) is 7.11 Å². The highest BCUT2D eigenvalue weighted by molar-refractivity contribution is 5.45. The van der Waals surface area contributed by atoms with Crippen LogP contribution in [-0.2, 0) is 12.8 Å². The Morgan fingerprint density at radius 2 is 1.89 bits per heavy atom. The monoisotopic (exact) mass is 241 g/mol. The van der Waals surface area contributed by atoms with E-state index in [0.717, 1.165) is 24.3 Å². The second-order valence-corrected chi connectivity index (χ2v) is 4.42. The van der Waals surface area contributed by atoms with E-state index in [9.17, 15) is 0 Å². The van der Waals surface area contributed by atoms with Crippen molar-refractivity contribution in [3.8, 4) is 5.75 Å². The van der Waals surface area contributed by atoms with Gasteiger partial charge in [-0.2, -0.15) is 0 Å². The number of ether oxygens (including phenoxy) is 1. The zero-order chi connectivity index (χ0) is 13.0.